The number of aromatic amines is 2. The zero-order valence-electron chi connectivity index (χ0n) is 70.8. The summed E-state index contributed by atoms with van der Waals surface area (Å²) in [6.45, 7) is 10.3. The quantitative estimate of drug-likeness (QED) is 0.00763. The number of piperidine rings is 1. The molecule has 32 heteroatoms. The molecule has 3 aromatic heterocycles. The molecule has 1 saturated carbocycles. The molecule has 13 rings (SSSR count). The maximum Gasteiger partial charge on any atom is 0.407 e. The Balaban J connectivity index is 0.609. The molecule has 3 saturated heterocycles. The summed E-state index contributed by atoms with van der Waals surface area (Å²) in [4.78, 5) is 135. The number of ketones is 3. The number of Topliss-reactive ketones (excluding diaryl/α,β-unsaturated/α-hetero) is 3. The van der Waals surface area contributed by atoms with Crippen LogP contribution in [0.4, 0.5) is 10.5 Å². The van der Waals surface area contributed by atoms with Crippen LogP contribution in [0.1, 0.15) is 193 Å². The van der Waals surface area contributed by atoms with Gasteiger partial charge >= 0.3 is 12.1 Å². The van der Waals surface area contributed by atoms with Crippen molar-refractivity contribution in [1.29, 1.82) is 0 Å². The number of ether oxygens (including phenoxy) is 4. The van der Waals surface area contributed by atoms with Gasteiger partial charge in [0.25, 0.3) is 5.56 Å². The van der Waals surface area contributed by atoms with Gasteiger partial charge in [-0.1, -0.05) is 116 Å². The fraction of sp³-hybridized carbons (Fsp3) is 0.611. The van der Waals surface area contributed by atoms with Crippen LogP contribution in [-0.2, 0) is 68.3 Å². The predicted molar refractivity (Wildman–Crippen MR) is 462 cm³/mol. The molecule has 16 atom stereocenters. The van der Waals surface area contributed by atoms with Crippen molar-refractivity contribution >= 4 is 90.6 Å². The molecule has 9 heterocycles. The van der Waals surface area contributed by atoms with E-state index in [0.717, 1.165) is 108 Å². The first-order chi connectivity index (χ1) is 58.6. The Morgan fingerprint density at radius 3 is 2.35 bits per heavy atom. The minimum absolute atomic E-state index is 0.0671. The molecule has 1 aliphatic carbocycles. The van der Waals surface area contributed by atoms with Crippen LogP contribution >= 0.6 is 21.6 Å². The van der Waals surface area contributed by atoms with Gasteiger partial charge in [-0.05, 0) is 139 Å². The van der Waals surface area contributed by atoms with Gasteiger partial charge in [0, 0.05) is 152 Å². The zero-order valence-corrected chi connectivity index (χ0v) is 72.5. The van der Waals surface area contributed by atoms with Crippen molar-refractivity contribution in [3.63, 3.8) is 0 Å². The number of aryl methyl sites for hydroxylation is 3. The van der Waals surface area contributed by atoms with Crippen molar-refractivity contribution < 1.29 is 88.3 Å². The lowest BCUT2D eigenvalue weighted by molar-refractivity contribution is -0.256. The number of alkyl carbamates (subject to hydrolysis) is 1. The number of hydrogen-bond donors (Lipinski definition) is 12. The van der Waals surface area contributed by atoms with Crippen molar-refractivity contribution in [2.24, 2.45) is 17.3 Å². The number of nitrogens with zero attached hydrogens (tertiary/aromatic N) is 6. The van der Waals surface area contributed by atoms with Crippen LogP contribution < -0.4 is 31.1 Å². The highest BCUT2D eigenvalue weighted by atomic mass is 33.1. The van der Waals surface area contributed by atoms with E-state index in [1.165, 1.54) is 16.4 Å². The highest BCUT2D eigenvalue weighted by Crippen LogP contribution is 2.68. The number of aliphatic hydroxyl groups is 6. The number of benzene rings is 3. The van der Waals surface area contributed by atoms with Crippen LogP contribution in [0.25, 0.3) is 22.1 Å². The van der Waals surface area contributed by atoms with Gasteiger partial charge < -0.3 is 85.5 Å². The van der Waals surface area contributed by atoms with Gasteiger partial charge in [0.05, 0.1) is 55.8 Å². The summed E-state index contributed by atoms with van der Waals surface area (Å²) in [5.74, 6) is -3.54. The number of carbonyl (C=O) groups is 7. The van der Waals surface area contributed by atoms with Gasteiger partial charge in [0.2, 0.25) is 11.8 Å². The monoisotopic (exact) mass is 1720 g/mol. The van der Waals surface area contributed by atoms with Crippen LogP contribution in [0, 0.1) is 24.2 Å². The number of aromatic nitrogens is 5. The maximum absolute atomic E-state index is 15.4. The molecule has 7 aliphatic rings. The van der Waals surface area contributed by atoms with E-state index < -0.39 is 125 Å². The predicted octanol–water partition coefficient (Wildman–Crippen LogP) is 7.56. The number of likely N-dealkylation sites (N-methyl/N-ethyl adjacent to an activating group) is 1. The van der Waals surface area contributed by atoms with E-state index in [0.29, 0.717) is 107 Å². The number of unbranched alkanes of at least 4 members (excludes halogenated alkanes) is 6. The number of carbonyl (C=O) groups excluding carboxylic acids is 6. The summed E-state index contributed by atoms with van der Waals surface area (Å²) in [6, 6.07) is 17.3. The SMILES string of the molecule is CC[C@]1(O)C[C@@H]2CC[C@](C)(c3cc4c(cc3OC)N(C)[C@H]3[C@@](O)(C(=O)CNC(=O)OCCSSC[C@@H](CC(=O)[C@H](CNC(=O)CCCCCCCCOC5C[C@@H](O)C(O)C(CO)O5)NC(=O)CCCCC(=O)c5ccc(CCc6cnc7nc(C)[nH]c(=O)c7n6)cc5)C(=O)O)[C@H](O)[C@]5(CC)C=CCN6CC[C@]43[C@@H]65)c3[nH]c4ccccc4c3CCN(C2)C1. The first-order valence-electron chi connectivity index (χ1n) is 43.5. The van der Waals surface area contributed by atoms with Crippen LogP contribution in [0.5, 0.6) is 5.75 Å². The van der Waals surface area contributed by atoms with Crippen molar-refractivity contribution in [2.45, 2.75) is 240 Å². The van der Waals surface area contributed by atoms with Gasteiger partial charge in [-0.3, -0.25) is 43.4 Å². The number of hydrogen-bond acceptors (Lipinski definition) is 26. The van der Waals surface area contributed by atoms with E-state index >= 15 is 4.79 Å². The van der Waals surface area contributed by atoms with E-state index in [-0.39, 0.29) is 97.1 Å². The van der Waals surface area contributed by atoms with E-state index in [2.05, 4.69) is 88.8 Å². The number of carboxylic acids is 1. The van der Waals surface area contributed by atoms with E-state index in [1.54, 1.807) is 32.4 Å². The second-order valence-corrected chi connectivity index (χ2v) is 37.5. The Labute approximate surface area is 719 Å². The van der Waals surface area contributed by atoms with E-state index in [4.69, 9.17) is 18.9 Å². The van der Waals surface area contributed by atoms with E-state index in [1.807, 2.05) is 55.3 Å². The summed E-state index contributed by atoms with van der Waals surface area (Å²) in [6.07, 6.45) is 9.68. The van der Waals surface area contributed by atoms with Crippen LogP contribution in [-0.4, -0.2) is 263 Å². The number of aliphatic carboxylic acids is 1. The Morgan fingerprint density at radius 1 is 0.836 bits per heavy atom. The standard InChI is InChI=1S/C90H121N11O19S2/c1-7-87(115)46-56-31-34-86(4,78-61(32-37-100(50-56)53-87)60-20-14-15-21-64(60)98-78)63-43-62-66(44-70(63)117-6)99(5)83-89(62)35-38-101-36-19-33-88(8-2,82(89)101)84(113)90(83,116)72(106)49-93-85(114)119-40-41-121-122-52-58(81(111)112)42-68(104)65(48-91-73(107)23-13-11-9-10-12-18-39-118-75-45-69(105)77(109)71(51-102)120-75)97-74(108)24-17-16-22-67(103)57-28-25-55(26-29-57)27-30-59-47-92-79-76(96-59)80(110)95-54(3)94-79/h14-15,19-21,25-26,28-29,33,43-44,47,56,58,65,69,71,75,77,82-84,98,102,105,109,113,115-116H,7-13,16-18,22-24,27,30-32,34-42,45-46,48-53H2,1-6H3,(H,91,107)(H,93,114)(H,97,108)(H,111,112)(H,92,94,95,110)/t56-,58+,65-,69+,71?,75?,77?,82-,83+,84+,86+,87-,88+,89+,90-/m0/s1. The summed E-state index contributed by atoms with van der Waals surface area (Å²) in [5.41, 5.74) is 2.21. The number of amides is 3. The van der Waals surface area contributed by atoms with Crippen molar-refractivity contribution in [1.82, 2.24) is 50.7 Å². The normalized spacial score (nSPS) is 27.7. The molecule has 1 spiro atoms. The average molecular weight is 1730 g/mol. The number of fused-ring (bicyclic) bond motifs is 7. The molecule has 6 aliphatic heterocycles. The van der Waals surface area contributed by atoms with Crippen molar-refractivity contribution in [3.8, 4) is 5.75 Å². The number of H-pyrrole nitrogens is 2. The van der Waals surface area contributed by atoms with E-state index in [9.17, 15) is 69.3 Å². The summed E-state index contributed by atoms with van der Waals surface area (Å²) < 4.78 is 23.3. The number of carboxylic acid groups (broad SMARTS) is 1. The maximum atomic E-state index is 15.4. The minimum Gasteiger partial charge on any atom is -0.496 e. The molecule has 3 amide bonds. The lowest BCUT2D eigenvalue weighted by Crippen LogP contribution is -2.81. The number of para-hydroxylation sites is 1. The summed E-state index contributed by atoms with van der Waals surface area (Å²) >= 11 is 0. The lowest BCUT2D eigenvalue weighted by atomic mass is 9.47. The Bertz CT molecular complexity index is 4840. The van der Waals surface area contributed by atoms with Crippen molar-refractivity contribution in [3.05, 3.63) is 134 Å². The minimum atomic E-state index is -2.45. The van der Waals surface area contributed by atoms with Crippen LogP contribution in [0.2, 0.25) is 0 Å². The third-order valence-electron chi connectivity index (χ3n) is 27.0. The van der Waals surface area contributed by atoms with Gasteiger partial charge in [0.1, 0.15) is 42.5 Å². The van der Waals surface area contributed by atoms with Gasteiger partial charge in [0.15, 0.2) is 40.4 Å². The smallest absolute Gasteiger partial charge is 0.407 e. The highest BCUT2D eigenvalue weighted by molar-refractivity contribution is 8.76. The topological polar surface area (TPSA) is 431 Å². The number of rotatable bonds is 40. The molecule has 4 unspecified atom stereocenters. The molecular weight excluding hydrogens is 1600 g/mol. The van der Waals surface area contributed by atoms with Gasteiger partial charge in [-0.2, -0.15) is 0 Å². The van der Waals surface area contributed by atoms with Gasteiger partial charge in [-0.15, -0.1) is 0 Å². The summed E-state index contributed by atoms with van der Waals surface area (Å²) in [5, 5.41) is 88.1. The Morgan fingerprint density at radius 2 is 1.59 bits per heavy atom. The van der Waals surface area contributed by atoms with Gasteiger partial charge in [-0.25, -0.2) is 19.7 Å². The molecule has 3 aromatic carbocycles. The number of anilines is 1. The Kier molecular flexibility index (Phi) is 29.9. The third-order valence-corrected chi connectivity index (χ3v) is 29.5. The Hall–Kier alpha value is -8.25. The lowest BCUT2D eigenvalue weighted by Gasteiger charge is -2.63. The molecular formula is C90H121N11O19S2. The van der Waals surface area contributed by atoms with Crippen molar-refractivity contribution in [2.75, 3.05) is 96.2 Å². The first-order valence-corrected chi connectivity index (χ1v) is 46.0. The molecule has 4 fully saturated rings. The largest absolute Gasteiger partial charge is 0.496 e. The van der Waals surface area contributed by atoms with Crippen LogP contribution in [0.15, 0.2) is 83.8 Å². The highest BCUT2D eigenvalue weighted by Gasteiger charge is 2.78. The second-order valence-electron chi connectivity index (χ2n) is 34.9. The number of aliphatic hydroxyl groups excluding tert-OH is 4. The molecule has 0 radical (unpaired) electrons. The fourth-order valence-electron chi connectivity index (χ4n) is 20.6. The fourth-order valence-corrected chi connectivity index (χ4v) is 22.7. The molecule has 2 bridgehead atoms. The summed E-state index contributed by atoms with van der Waals surface area (Å²) in [7, 11) is 5.86. The molecule has 12 N–H and O–H groups in total. The third kappa shape index (κ3) is 19.6. The number of nitrogens with one attached hydrogen (secondary N) is 5. The molecule has 122 heavy (non-hydrogen) atoms. The average Bonchev–Trinajstić information content (AvgIpc) is 1.47. The molecule has 6 aromatic rings. The molecule has 30 nitrogen and oxygen atoms in total. The zero-order chi connectivity index (χ0) is 86.8. The second kappa shape index (κ2) is 39.9. The van der Waals surface area contributed by atoms with Crippen LogP contribution in [0.3, 0.4) is 0 Å². The molecule has 662 valence electrons. The number of methoxy groups -OCH3 is 1. The first kappa shape index (κ1) is 91.4.